The second-order valence-corrected chi connectivity index (χ2v) is 3.28. The van der Waals surface area contributed by atoms with E-state index in [1.54, 1.807) is 0 Å². The molecule has 0 fully saturated rings. The Bertz CT molecular complexity index is 108. The van der Waals surface area contributed by atoms with Gasteiger partial charge in [-0.05, 0) is 13.3 Å². The number of hydrogen-bond donors (Lipinski definition) is 0. The van der Waals surface area contributed by atoms with Crippen molar-refractivity contribution in [1.82, 2.24) is 0 Å². The number of hydrogen-bond acceptors (Lipinski definition) is 1. The molecular weight excluding hydrogens is 148 g/mol. The Kier molecular flexibility index (Phi) is 8.57. The molecule has 0 saturated heterocycles. The molecule has 1 radical (unpaired) electrons. The minimum absolute atomic E-state index is 0.674. The van der Waals surface area contributed by atoms with Crippen molar-refractivity contribution in [1.29, 1.82) is 0 Å². The molecule has 0 aromatic rings. The van der Waals surface area contributed by atoms with Crippen LogP contribution in [0.15, 0.2) is 12.2 Å². The molecule has 1 nitrogen and oxygen atoms in total. The van der Waals surface area contributed by atoms with Crippen molar-refractivity contribution in [3.63, 3.8) is 0 Å². The topological polar surface area (TPSA) is 9.23 Å². The second kappa shape index (κ2) is 8.79. The average molecular weight is 169 g/mol. The summed E-state index contributed by atoms with van der Waals surface area (Å²) in [4.78, 5) is 0. The molecule has 0 unspecified atom stereocenters. The molecule has 0 aromatic carbocycles. The van der Waals surface area contributed by atoms with Gasteiger partial charge in [0.15, 0.2) is 0 Å². The molecule has 0 spiro atoms. The number of ether oxygens (including phenoxy) is 1. The van der Waals surface area contributed by atoms with Gasteiger partial charge in [-0.25, -0.2) is 0 Å². The Hall–Kier alpha value is -0.300. The highest BCUT2D eigenvalue weighted by molar-refractivity contribution is 4.87. The predicted octanol–water partition coefficient (Wildman–Crippen LogP) is 3.71. The van der Waals surface area contributed by atoms with E-state index >= 15 is 0 Å². The molecule has 0 amide bonds. The van der Waals surface area contributed by atoms with Crippen LogP contribution in [0.1, 0.15) is 46.0 Å². The summed E-state index contributed by atoms with van der Waals surface area (Å²) in [6.45, 7) is 10.5. The summed E-state index contributed by atoms with van der Waals surface area (Å²) < 4.78 is 5.25. The average Bonchev–Trinajstić information content (AvgIpc) is 2.02. The monoisotopic (exact) mass is 169 g/mol. The third kappa shape index (κ3) is 9.70. The van der Waals surface area contributed by atoms with Gasteiger partial charge in [0.25, 0.3) is 0 Å². The lowest BCUT2D eigenvalue weighted by Crippen LogP contribution is -1.91. The molecule has 0 aliphatic rings. The molecule has 0 aliphatic carbocycles. The Labute approximate surface area is 76.8 Å². The summed E-state index contributed by atoms with van der Waals surface area (Å²) in [6, 6.07) is 0. The van der Waals surface area contributed by atoms with Crippen molar-refractivity contribution in [3.05, 3.63) is 18.8 Å². The first-order valence-corrected chi connectivity index (χ1v) is 4.85. The summed E-state index contributed by atoms with van der Waals surface area (Å²) in [5, 5.41) is 0. The molecule has 12 heavy (non-hydrogen) atoms. The minimum Gasteiger partial charge on any atom is -0.371 e. The van der Waals surface area contributed by atoms with Crippen LogP contribution in [0.25, 0.3) is 0 Å². The quantitative estimate of drug-likeness (QED) is 0.397. The van der Waals surface area contributed by atoms with Gasteiger partial charge in [-0.3, -0.25) is 0 Å². The molecule has 0 N–H and O–H groups in total. The summed E-state index contributed by atoms with van der Waals surface area (Å²) in [5.74, 6) is 0. The SMILES string of the molecule is C=C(C)CO[CH]CCCCCC. The predicted molar refractivity (Wildman–Crippen MR) is 53.8 cm³/mol. The van der Waals surface area contributed by atoms with E-state index in [0.717, 1.165) is 12.0 Å². The highest BCUT2D eigenvalue weighted by Crippen LogP contribution is 2.05. The van der Waals surface area contributed by atoms with Gasteiger partial charge < -0.3 is 4.74 Å². The fourth-order valence-electron chi connectivity index (χ4n) is 0.939. The van der Waals surface area contributed by atoms with Gasteiger partial charge in [0, 0.05) is 0 Å². The van der Waals surface area contributed by atoms with Gasteiger partial charge in [-0.15, -0.1) is 0 Å². The largest absolute Gasteiger partial charge is 0.371 e. The first kappa shape index (κ1) is 11.7. The van der Waals surface area contributed by atoms with Gasteiger partial charge in [-0.1, -0.05) is 44.8 Å². The molecule has 0 heterocycles. The zero-order valence-electron chi connectivity index (χ0n) is 8.44. The fourth-order valence-corrected chi connectivity index (χ4v) is 0.939. The molecule has 0 atom stereocenters. The van der Waals surface area contributed by atoms with Crippen molar-refractivity contribution in [2.75, 3.05) is 6.61 Å². The zero-order chi connectivity index (χ0) is 9.23. The van der Waals surface area contributed by atoms with Gasteiger partial charge >= 0.3 is 0 Å². The molecule has 0 rings (SSSR count). The van der Waals surface area contributed by atoms with E-state index in [9.17, 15) is 0 Å². The second-order valence-electron chi connectivity index (χ2n) is 3.28. The van der Waals surface area contributed by atoms with Crippen LogP contribution in [0.3, 0.4) is 0 Å². The van der Waals surface area contributed by atoms with Crippen LogP contribution in [-0.4, -0.2) is 6.61 Å². The van der Waals surface area contributed by atoms with Crippen LogP contribution >= 0.6 is 0 Å². The third-order valence-electron chi connectivity index (χ3n) is 1.62. The van der Waals surface area contributed by atoms with E-state index in [1.807, 2.05) is 13.5 Å². The maximum atomic E-state index is 5.25. The van der Waals surface area contributed by atoms with Gasteiger partial charge in [-0.2, -0.15) is 0 Å². The van der Waals surface area contributed by atoms with E-state index in [1.165, 1.54) is 25.7 Å². The van der Waals surface area contributed by atoms with Crippen LogP contribution in [0.5, 0.6) is 0 Å². The van der Waals surface area contributed by atoms with Crippen LogP contribution in [0.4, 0.5) is 0 Å². The first-order valence-electron chi connectivity index (χ1n) is 4.85. The van der Waals surface area contributed by atoms with Gasteiger partial charge in [0.2, 0.25) is 0 Å². The number of rotatable bonds is 8. The minimum atomic E-state index is 0.674. The Morgan fingerprint density at radius 2 is 2.08 bits per heavy atom. The maximum Gasteiger partial charge on any atom is 0.0841 e. The molecule has 71 valence electrons. The highest BCUT2D eigenvalue weighted by Gasteiger charge is 1.90. The van der Waals surface area contributed by atoms with Gasteiger partial charge in [0.1, 0.15) is 0 Å². The molecular formula is C11H21O. The van der Waals surface area contributed by atoms with E-state index in [2.05, 4.69) is 13.5 Å². The van der Waals surface area contributed by atoms with Crippen molar-refractivity contribution in [2.24, 2.45) is 0 Å². The fraction of sp³-hybridized carbons (Fsp3) is 0.727. The zero-order valence-corrected chi connectivity index (χ0v) is 8.44. The smallest absolute Gasteiger partial charge is 0.0841 e. The van der Waals surface area contributed by atoms with Crippen molar-refractivity contribution in [3.8, 4) is 0 Å². The number of unbranched alkanes of at least 4 members (excludes halogenated alkanes) is 4. The van der Waals surface area contributed by atoms with Crippen LogP contribution in [-0.2, 0) is 4.74 Å². The lowest BCUT2D eigenvalue weighted by Gasteiger charge is -2.02. The van der Waals surface area contributed by atoms with Crippen LogP contribution in [0, 0.1) is 6.61 Å². The van der Waals surface area contributed by atoms with E-state index in [4.69, 9.17) is 4.74 Å². The van der Waals surface area contributed by atoms with Crippen LogP contribution in [0.2, 0.25) is 0 Å². The molecule has 1 heteroatoms. The Balaban J connectivity index is 2.86. The van der Waals surface area contributed by atoms with Crippen molar-refractivity contribution < 1.29 is 4.74 Å². The lowest BCUT2D eigenvalue weighted by molar-refractivity contribution is 0.215. The molecule has 0 bridgehead atoms. The van der Waals surface area contributed by atoms with Crippen molar-refractivity contribution >= 4 is 0 Å². The lowest BCUT2D eigenvalue weighted by atomic mass is 10.2. The summed E-state index contributed by atoms with van der Waals surface area (Å²) in [6.07, 6.45) is 6.29. The normalized spacial score (nSPS) is 10.2. The highest BCUT2D eigenvalue weighted by atomic mass is 16.5. The van der Waals surface area contributed by atoms with Gasteiger partial charge in [0.05, 0.1) is 13.2 Å². The maximum absolute atomic E-state index is 5.25. The van der Waals surface area contributed by atoms with Crippen molar-refractivity contribution in [2.45, 2.75) is 46.0 Å². The summed E-state index contributed by atoms with van der Waals surface area (Å²) in [5.41, 5.74) is 1.08. The first-order chi connectivity index (χ1) is 5.77. The molecule has 0 saturated carbocycles. The van der Waals surface area contributed by atoms with E-state index in [-0.39, 0.29) is 0 Å². The van der Waals surface area contributed by atoms with Crippen LogP contribution < -0.4 is 0 Å². The van der Waals surface area contributed by atoms with E-state index in [0.29, 0.717) is 6.61 Å². The Morgan fingerprint density at radius 1 is 1.33 bits per heavy atom. The van der Waals surface area contributed by atoms with E-state index < -0.39 is 0 Å². The standard InChI is InChI=1S/C11H21O/c1-4-5-6-7-8-9-12-10-11(2)3/h9H,2,4-8,10H2,1,3H3. The summed E-state index contributed by atoms with van der Waals surface area (Å²) in [7, 11) is 0. The Morgan fingerprint density at radius 3 is 2.67 bits per heavy atom. The summed E-state index contributed by atoms with van der Waals surface area (Å²) >= 11 is 0. The third-order valence-corrected chi connectivity index (χ3v) is 1.62. The molecule has 0 aliphatic heterocycles. The molecule has 0 aromatic heterocycles.